The van der Waals surface area contributed by atoms with Gasteiger partial charge in [-0.3, -0.25) is 0 Å². The second kappa shape index (κ2) is 14.9. The normalized spacial score (nSPS) is 20.5. The summed E-state index contributed by atoms with van der Waals surface area (Å²) < 4.78 is 2.93. The van der Waals surface area contributed by atoms with Gasteiger partial charge in [0.25, 0.3) is 6.71 Å². The van der Waals surface area contributed by atoms with Gasteiger partial charge in [-0.2, -0.15) is 0 Å². The van der Waals surface area contributed by atoms with Crippen molar-refractivity contribution < 1.29 is 0 Å². The van der Waals surface area contributed by atoms with Crippen molar-refractivity contribution in [2.45, 2.75) is 168 Å². The highest BCUT2D eigenvalue weighted by Crippen LogP contribution is 2.55. The summed E-state index contributed by atoms with van der Waals surface area (Å²) in [4.78, 5) is 5.54. The van der Waals surface area contributed by atoms with Crippen LogP contribution in [0, 0.1) is 6.92 Å². The van der Waals surface area contributed by atoms with Crippen LogP contribution in [0.2, 0.25) is 6.55 Å². The smallest absolute Gasteiger partial charge is 0.264 e. The Hall–Kier alpha value is -4.84. The number of benzene rings is 6. The zero-order chi connectivity index (χ0) is 48.5. The van der Waals surface area contributed by atoms with Crippen LogP contribution in [0.15, 0.2) is 103 Å². The van der Waals surface area contributed by atoms with E-state index in [1.165, 1.54) is 143 Å². The topological polar surface area (TPSA) is 6.48 Å². The molecule has 0 fully saturated rings. The van der Waals surface area contributed by atoms with Crippen LogP contribution in [0.1, 0.15) is 161 Å². The molecule has 69 heavy (non-hydrogen) atoms. The molecule has 1 aromatic heterocycles. The van der Waals surface area contributed by atoms with Gasteiger partial charge in [-0.05, 0) is 193 Å². The fourth-order valence-corrected chi connectivity index (χ4v) is 16.2. The van der Waals surface area contributed by atoms with Crippen LogP contribution in [0.4, 0.5) is 34.1 Å². The first-order valence-corrected chi connectivity index (χ1v) is 29.3. The van der Waals surface area contributed by atoms with E-state index < -0.39 is 9.52 Å². The number of fused-ring (bicyclic) bond motifs is 9. The molecule has 0 bridgehead atoms. The van der Waals surface area contributed by atoms with Crippen molar-refractivity contribution in [2.75, 3.05) is 9.80 Å². The Balaban J connectivity index is 1.23. The van der Waals surface area contributed by atoms with Crippen LogP contribution >= 0.6 is 11.3 Å². The van der Waals surface area contributed by atoms with Gasteiger partial charge in [0, 0.05) is 43.3 Å². The third kappa shape index (κ3) is 6.67. The van der Waals surface area contributed by atoms with E-state index in [0.717, 1.165) is 0 Å². The Morgan fingerprint density at radius 3 is 1.62 bits per heavy atom. The van der Waals surface area contributed by atoms with Crippen molar-refractivity contribution in [2.24, 2.45) is 0 Å². The maximum absolute atomic E-state index is 2.80. The number of aryl methyl sites for hydroxylation is 1. The van der Waals surface area contributed by atoms with Crippen LogP contribution in [0.3, 0.4) is 0 Å². The van der Waals surface area contributed by atoms with Crippen LogP contribution in [0.5, 0.6) is 0 Å². The molecule has 0 saturated heterocycles. The van der Waals surface area contributed by atoms with Gasteiger partial charge in [0.1, 0.15) is 0 Å². The van der Waals surface area contributed by atoms with Gasteiger partial charge in [0.2, 0.25) is 0 Å². The molecule has 0 amide bonds. The fourth-order valence-electron chi connectivity index (χ4n) is 13.9. The second-order valence-corrected chi connectivity index (χ2v) is 28.6. The van der Waals surface area contributed by atoms with Gasteiger partial charge in [-0.15, -0.1) is 11.3 Å². The van der Waals surface area contributed by atoms with Gasteiger partial charge in [0.05, 0.1) is 15.2 Å². The summed E-state index contributed by atoms with van der Waals surface area (Å²) in [6.45, 7) is 34.8. The predicted molar refractivity (Wildman–Crippen MR) is 306 cm³/mol. The quantitative estimate of drug-likeness (QED) is 0.162. The minimum atomic E-state index is -0.593. The number of rotatable bonds is 4. The molecule has 3 aliphatic carbocycles. The molecule has 0 atom stereocenters. The molecule has 5 heteroatoms. The summed E-state index contributed by atoms with van der Waals surface area (Å²) in [7, 11) is -0.593. The molecular weight excluding hydrogens is 868 g/mol. The molecule has 0 unspecified atom stereocenters. The molecule has 0 spiro atoms. The van der Waals surface area contributed by atoms with Crippen molar-refractivity contribution in [3.05, 3.63) is 142 Å². The average Bonchev–Trinajstić information content (AvgIpc) is 3.68. The van der Waals surface area contributed by atoms with E-state index in [-0.39, 0.29) is 39.2 Å². The first-order chi connectivity index (χ1) is 32.5. The molecule has 3 heterocycles. The summed E-state index contributed by atoms with van der Waals surface area (Å²) in [5, 5.41) is 2.93. The monoisotopic (exact) mass is 941 g/mol. The third-order valence-corrected chi connectivity index (χ3v) is 21.2. The standard InChI is InChI=1S/C64H73BN2SSi/c1-38-30-52-56-53(31-38)67(51-32-40(20-23-55(51)69-14)39-18-16-15-17-19-39)57-42-34-45-48(64(12,13)29-26-61(45,6)7)37-54(42)68-58(57)65(56)49-35-46-47(63(10,11)28-27-62(46,8)9)36-50(49)66(52)41-21-22-43-44(33-41)60(4,5)25-24-59(43,2)3/h15-23,30-37H,24-29,69H2,1-14H3. The third-order valence-electron chi connectivity index (χ3n) is 18.7. The molecule has 2 aliphatic heterocycles. The lowest BCUT2D eigenvalue weighted by atomic mass is 9.35. The molecule has 0 saturated carbocycles. The molecule has 6 aromatic carbocycles. The van der Waals surface area contributed by atoms with E-state index >= 15 is 0 Å². The van der Waals surface area contributed by atoms with Crippen molar-refractivity contribution in [1.82, 2.24) is 0 Å². The summed E-state index contributed by atoms with van der Waals surface area (Å²) in [5.41, 5.74) is 24.7. The minimum absolute atomic E-state index is 0.0699. The average molecular weight is 941 g/mol. The van der Waals surface area contributed by atoms with Crippen molar-refractivity contribution in [3.63, 3.8) is 0 Å². The lowest BCUT2D eigenvalue weighted by molar-refractivity contribution is 0.332. The highest BCUT2D eigenvalue weighted by molar-refractivity contribution is 7.33. The Kier molecular flexibility index (Phi) is 9.76. The molecule has 352 valence electrons. The highest BCUT2D eigenvalue weighted by atomic mass is 32.1. The summed E-state index contributed by atoms with van der Waals surface area (Å²) in [6, 6.07) is 42.0. The lowest BCUT2D eigenvalue weighted by Crippen LogP contribution is -2.61. The molecule has 5 aliphatic rings. The predicted octanol–water partition coefficient (Wildman–Crippen LogP) is 14.8. The SMILES string of the molecule is C[SiH2]c1ccc(-c2ccccc2)cc1N1c2cc(C)cc3c2B(c2cc4c(cc2N3c2ccc3c(c2)C(C)(C)CCC3(C)C)C(C)(C)CCC4(C)C)c2sc3cc4c(cc3c21)C(C)(C)CCC4(C)C. The largest absolute Gasteiger partial charge is 0.311 e. The van der Waals surface area contributed by atoms with E-state index in [2.05, 4.69) is 221 Å². The lowest BCUT2D eigenvalue weighted by Gasteiger charge is -2.47. The first-order valence-electron chi connectivity index (χ1n) is 26.4. The van der Waals surface area contributed by atoms with E-state index in [4.69, 9.17) is 0 Å². The maximum Gasteiger partial charge on any atom is 0.264 e. The van der Waals surface area contributed by atoms with Crippen molar-refractivity contribution in [1.29, 1.82) is 0 Å². The fraction of sp³-hybridized carbons (Fsp3) is 0.406. The number of hydrogen-bond acceptors (Lipinski definition) is 3. The molecule has 2 nitrogen and oxygen atoms in total. The first kappa shape index (κ1) is 45.3. The van der Waals surface area contributed by atoms with Crippen LogP contribution in [0.25, 0.3) is 21.2 Å². The maximum atomic E-state index is 2.80. The Bertz CT molecular complexity index is 3310. The van der Waals surface area contributed by atoms with Crippen LogP contribution < -0.4 is 30.7 Å². The van der Waals surface area contributed by atoms with E-state index in [1.807, 2.05) is 0 Å². The van der Waals surface area contributed by atoms with Gasteiger partial charge in [0.15, 0.2) is 0 Å². The van der Waals surface area contributed by atoms with Crippen LogP contribution in [-0.4, -0.2) is 16.2 Å². The van der Waals surface area contributed by atoms with E-state index in [1.54, 1.807) is 11.1 Å². The Morgan fingerprint density at radius 1 is 0.478 bits per heavy atom. The van der Waals surface area contributed by atoms with Gasteiger partial charge < -0.3 is 9.80 Å². The van der Waals surface area contributed by atoms with Gasteiger partial charge in [-0.1, -0.05) is 144 Å². The Labute approximate surface area is 420 Å². The Morgan fingerprint density at radius 2 is 1.01 bits per heavy atom. The molecule has 12 rings (SSSR count). The summed E-state index contributed by atoms with van der Waals surface area (Å²) in [5.74, 6) is 0. The molecule has 0 radical (unpaired) electrons. The van der Waals surface area contributed by atoms with E-state index in [9.17, 15) is 0 Å². The number of hydrogen-bond donors (Lipinski definition) is 0. The number of thiophene rings is 1. The second-order valence-electron chi connectivity index (χ2n) is 26.1. The molecular formula is C64H73BN2SSi. The molecule has 7 aromatic rings. The van der Waals surface area contributed by atoms with Gasteiger partial charge in [-0.25, -0.2) is 0 Å². The van der Waals surface area contributed by atoms with E-state index in [0.29, 0.717) is 0 Å². The summed E-state index contributed by atoms with van der Waals surface area (Å²) >= 11 is 2.10. The number of nitrogens with zero attached hydrogens (tertiary/aromatic N) is 2. The minimum Gasteiger partial charge on any atom is -0.311 e. The van der Waals surface area contributed by atoms with Crippen LogP contribution in [-0.2, 0) is 32.5 Å². The highest BCUT2D eigenvalue weighted by Gasteiger charge is 2.49. The zero-order valence-electron chi connectivity index (χ0n) is 44.1. The van der Waals surface area contributed by atoms with Gasteiger partial charge >= 0.3 is 0 Å². The summed E-state index contributed by atoms with van der Waals surface area (Å²) in [6.07, 6.45) is 7.19. The molecule has 0 N–H and O–H groups in total. The van der Waals surface area contributed by atoms with Crippen molar-refractivity contribution >= 4 is 92.7 Å². The zero-order valence-corrected chi connectivity index (χ0v) is 46.4. The number of anilines is 6. The van der Waals surface area contributed by atoms with Crippen molar-refractivity contribution in [3.8, 4) is 11.1 Å².